The Labute approximate surface area is 90.7 Å². The number of ether oxygens (including phenoxy) is 1. The van der Waals surface area contributed by atoms with E-state index in [1.807, 2.05) is 18.3 Å². The number of hydrogen-bond acceptors (Lipinski definition) is 3. The van der Waals surface area contributed by atoms with Gasteiger partial charge in [0.05, 0.1) is 12.8 Å². The molecule has 0 aromatic carbocycles. The summed E-state index contributed by atoms with van der Waals surface area (Å²) in [5.41, 5.74) is 6.98. The summed E-state index contributed by atoms with van der Waals surface area (Å²) in [6, 6.07) is 3.90. The minimum atomic E-state index is 0.196. The van der Waals surface area contributed by atoms with Crippen molar-refractivity contribution in [3.05, 3.63) is 24.0 Å². The van der Waals surface area contributed by atoms with Crippen LogP contribution in [0.5, 0.6) is 5.75 Å². The lowest BCUT2D eigenvalue weighted by Gasteiger charge is -2.41. The van der Waals surface area contributed by atoms with Gasteiger partial charge in [0.15, 0.2) is 0 Å². The molecule has 2 rings (SSSR count). The van der Waals surface area contributed by atoms with Crippen molar-refractivity contribution in [1.29, 1.82) is 0 Å². The van der Waals surface area contributed by atoms with Gasteiger partial charge in [0.1, 0.15) is 5.75 Å². The maximum atomic E-state index is 5.68. The highest BCUT2D eigenvalue weighted by Crippen LogP contribution is 2.48. The van der Waals surface area contributed by atoms with Crippen molar-refractivity contribution in [2.45, 2.75) is 31.1 Å². The Balaban J connectivity index is 2.33. The average Bonchev–Trinajstić information content (AvgIpc) is 2.23. The first kappa shape index (κ1) is 10.4. The summed E-state index contributed by atoms with van der Waals surface area (Å²) in [5, 5.41) is 0. The maximum Gasteiger partial charge on any atom is 0.140 e. The Hall–Kier alpha value is -1.09. The van der Waals surface area contributed by atoms with Gasteiger partial charge in [0.25, 0.3) is 0 Å². The van der Waals surface area contributed by atoms with E-state index in [-0.39, 0.29) is 5.41 Å². The fraction of sp³-hybridized carbons (Fsp3) is 0.583. The molecule has 0 saturated heterocycles. The summed E-state index contributed by atoms with van der Waals surface area (Å²) < 4.78 is 5.37. The second kappa shape index (κ2) is 4.19. The average molecular weight is 206 g/mol. The molecule has 3 heteroatoms. The summed E-state index contributed by atoms with van der Waals surface area (Å²) >= 11 is 0. The first-order chi connectivity index (χ1) is 7.32. The third kappa shape index (κ3) is 1.72. The van der Waals surface area contributed by atoms with E-state index in [1.54, 1.807) is 7.11 Å². The highest BCUT2D eigenvalue weighted by Gasteiger charge is 2.41. The van der Waals surface area contributed by atoms with Crippen LogP contribution in [0.4, 0.5) is 0 Å². The monoisotopic (exact) mass is 206 g/mol. The molecule has 1 heterocycles. The largest absolute Gasteiger partial charge is 0.495 e. The Kier molecular flexibility index (Phi) is 2.91. The summed E-state index contributed by atoms with van der Waals surface area (Å²) in [6.07, 6.45) is 6.52. The van der Waals surface area contributed by atoms with Crippen molar-refractivity contribution in [1.82, 2.24) is 4.98 Å². The van der Waals surface area contributed by atoms with E-state index in [9.17, 15) is 0 Å². The first-order valence-electron chi connectivity index (χ1n) is 5.52. The van der Waals surface area contributed by atoms with Crippen LogP contribution in [0.25, 0.3) is 0 Å². The Morgan fingerprint density at radius 1 is 1.53 bits per heavy atom. The van der Waals surface area contributed by atoms with Crippen LogP contribution in [0.1, 0.15) is 31.4 Å². The molecule has 2 N–H and O–H groups in total. The molecule has 0 aliphatic heterocycles. The Morgan fingerprint density at radius 3 is 2.87 bits per heavy atom. The summed E-state index contributed by atoms with van der Waals surface area (Å²) in [5.74, 6) is 0.908. The number of pyridine rings is 1. The van der Waals surface area contributed by atoms with Crippen LogP contribution in [-0.2, 0) is 5.41 Å². The topological polar surface area (TPSA) is 48.1 Å². The van der Waals surface area contributed by atoms with E-state index in [4.69, 9.17) is 10.5 Å². The number of nitrogens with zero attached hydrogens (tertiary/aromatic N) is 1. The van der Waals surface area contributed by atoms with Crippen molar-refractivity contribution in [2.75, 3.05) is 13.7 Å². The van der Waals surface area contributed by atoms with E-state index >= 15 is 0 Å². The zero-order valence-electron chi connectivity index (χ0n) is 9.20. The van der Waals surface area contributed by atoms with Gasteiger partial charge in [-0.25, -0.2) is 0 Å². The van der Waals surface area contributed by atoms with Crippen LogP contribution >= 0.6 is 0 Å². The number of methoxy groups -OCH3 is 1. The van der Waals surface area contributed by atoms with E-state index in [0.717, 1.165) is 24.4 Å². The lowest BCUT2D eigenvalue weighted by atomic mass is 9.64. The van der Waals surface area contributed by atoms with Gasteiger partial charge in [-0.1, -0.05) is 6.42 Å². The molecule has 1 aliphatic carbocycles. The van der Waals surface area contributed by atoms with E-state index in [0.29, 0.717) is 0 Å². The van der Waals surface area contributed by atoms with Crippen LogP contribution in [-0.4, -0.2) is 18.6 Å². The third-order valence-corrected chi connectivity index (χ3v) is 3.43. The van der Waals surface area contributed by atoms with E-state index < -0.39 is 0 Å². The van der Waals surface area contributed by atoms with Crippen LogP contribution in [0.2, 0.25) is 0 Å². The summed E-state index contributed by atoms with van der Waals surface area (Å²) in [7, 11) is 1.70. The number of hydrogen-bond donors (Lipinski definition) is 1. The highest BCUT2D eigenvalue weighted by molar-refractivity contribution is 5.35. The van der Waals surface area contributed by atoms with Gasteiger partial charge in [-0.2, -0.15) is 0 Å². The number of aromatic nitrogens is 1. The standard InChI is InChI=1S/C12H18N2O/c1-15-10-4-2-9-14-11(10)12(7-8-13)5-3-6-12/h2,4,9H,3,5-8,13H2,1H3. The normalized spacial score (nSPS) is 18.3. The molecule has 3 nitrogen and oxygen atoms in total. The molecule has 0 amide bonds. The number of nitrogens with two attached hydrogens (primary N) is 1. The molecule has 1 aromatic rings. The minimum Gasteiger partial charge on any atom is -0.495 e. The Morgan fingerprint density at radius 2 is 2.33 bits per heavy atom. The molecule has 1 saturated carbocycles. The smallest absolute Gasteiger partial charge is 0.140 e. The van der Waals surface area contributed by atoms with Crippen LogP contribution < -0.4 is 10.5 Å². The van der Waals surface area contributed by atoms with Gasteiger partial charge in [0, 0.05) is 11.6 Å². The molecule has 1 aliphatic rings. The van der Waals surface area contributed by atoms with Crippen molar-refractivity contribution < 1.29 is 4.74 Å². The zero-order valence-corrected chi connectivity index (χ0v) is 9.20. The molecule has 0 radical (unpaired) electrons. The maximum absolute atomic E-state index is 5.68. The predicted octanol–water partition coefficient (Wildman–Crippen LogP) is 1.86. The van der Waals surface area contributed by atoms with Crippen molar-refractivity contribution in [3.8, 4) is 5.75 Å². The fourth-order valence-electron chi connectivity index (χ4n) is 2.44. The Bertz CT molecular complexity index is 334. The summed E-state index contributed by atoms with van der Waals surface area (Å²) in [6.45, 7) is 0.722. The van der Waals surface area contributed by atoms with E-state index in [2.05, 4.69) is 4.98 Å². The molecule has 0 unspecified atom stereocenters. The molecular formula is C12H18N2O. The molecular weight excluding hydrogens is 188 g/mol. The first-order valence-corrected chi connectivity index (χ1v) is 5.52. The fourth-order valence-corrected chi connectivity index (χ4v) is 2.44. The van der Waals surface area contributed by atoms with Gasteiger partial charge in [-0.05, 0) is 37.9 Å². The van der Waals surface area contributed by atoms with Crippen LogP contribution in [0, 0.1) is 0 Å². The third-order valence-electron chi connectivity index (χ3n) is 3.43. The molecule has 1 fully saturated rings. The number of rotatable bonds is 4. The molecule has 0 atom stereocenters. The van der Waals surface area contributed by atoms with Crippen LogP contribution in [0.15, 0.2) is 18.3 Å². The molecule has 0 bridgehead atoms. The molecule has 82 valence electrons. The van der Waals surface area contributed by atoms with Gasteiger partial charge >= 0.3 is 0 Å². The summed E-state index contributed by atoms with van der Waals surface area (Å²) in [4.78, 5) is 4.48. The molecule has 0 spiro atoms. The SMILES string of the molecule is COc1cccnc1C1(CCN)CCC1. The van der Waals surface area contributed by atoms with Gasteiger partial charge < -0.3 is 10.5 Å². The lowest BCUT2D eigenvalue weighted by molar-refractivity contribution is 0.214. The van der Waals surface area contributed by atoms with Crippen LogP contribution in [0.3, 0.4) is 0 Å². The second-order valence-corrected chi connectivity index (χ2v) is 4.23. The lowest BCUT2D eigenvalue weighted by Crippen LogP contribution is -2.37. The van der Waals surface area contributed by atoms with Crippen molar-refractivity contribution in [3.63, 3.8) is 0 Å². The van der Waals surface area contributed by atoms with Crippen molar-refractivity contribution >= 4 is 0 Å². The van der Waals surface area contributed by atoms with Crippen molar-refractivity contribution in [2.24, 2.45) is 5.73 Å². The predicted molar refractivity (Wildman–Crippen MR) is 60.0 cm³/mol. The molecule has 1 aromatic heterocycles. The van der Waals surface area contributed by atoms with Gasteiger partial charge in [-0.3, -0.25) is 4.98 Å². The minimum absolute atomic E-state index is 0.196. The van der Waals surface area contributed by atoms with Gasteiger partial charge in [-0.15, -0.1) is 0 Å². The highest BCUT2D eigenvalue weighted by atomic mass is 16.5. The van der Waals surface area contributed by atoms with Gasteiger partial charge in [0.2, 0.25) is 0 Å². The zero-order chi connectivity index (χ0) is 10.7. The molecule has 15 heavy (non-hydrogen) atoms. The second-order valence-electron chi connectivity index (χ2n) is 4.23. The quantitative estimate of drug-likeness (QED) is 0.818. The van der Waals surface area contributed by atoms with E-state index in [1.165, 1.54) is 19.3 Å².